The maximum Gasteiger partial charge on any atom is 0.306 e. The number of allylic oxidation sites excluding steroid dienone is 1. The van der Waals surface area contributed by atoms with Crippen molar-refractivity contribution in [3.63, 3.8) is 0 Å². The molecule has 0 saturated carbocycles. The maximum absolute atomic E-state index is 11.5. The minimum atomic E-state index is -0.716. The Bertz CT molecular complexity index is 458. The molecule has 0 aromatic carbocycles. The highest BCUT2D eigenvalue weighted by Crippen LogP contribution is 2.30. The van der Waals surface area contributed by atoms with E-state index in [1.165, 1.54) is 7.11 Å². The molecule has 0 aliphatic carbocycles. The van der Waals surface area contributed by atoms with Crippen LogP contribution in [0.3, 0.4) is 0 Å². The zero-order valence-electron chi connectivity index (χ0n) is 14.4. The lowest BCUT2D eigenvalue weighted by atomic mass is 9.97. The molecule has 1 rings (SSSR count). The average molecular weight is 325 g/mol. The number of unbranched alkanes of at least 4 members (excludes halogenated alkanes) is 1. The SMILES string of the molecule is CCCC[C@@H](C=C[C@@H]1OC(C)(C)OC1CN=[N+]=[N-])CC(=O)OC. The van der Waals surface area contributed by atoms with E-state index >= 15 is 0 Å². The van der Waals surface area contributed by atoms with Crippen molar-refractivity contribution in [2.45, 2.75) is 64.4 Å². The molecule has 0 radical (unpaired) electrons. The molecule has 7 heteroatoms. The Kier molecular flexibility index (Phi) is 8.09. The molecule has 1 fully saturated rings. The summed E-state index contributed by atoms with van der Waals surface area (Å²) in [5.74, 6) is -0.827. The summed E-state index contributed by atoms with van der Waals surface area (Å²) in [4.78, 5) is 14.3. The van der Waals surface area contributed by atoms with Gasteiger partial charge in [0.05, 0.1) is 26.2 Å². The van der Waals surface area contributed by atoms with E-state index in [0.717, 1.165) is 19.3 Å². The molecular formula is C16H27N3O4. The van der Waals surface area contributed by atoms with Crippen molar-refractivity contribution in [3.05, 3.63) is 22.6 Å². The molecule has 0 aromatic rings. The van der Waals surface area contributed by atoms with Gasteiger partial charge in [-0.25, -0.2) is 0 Å². The number of hydrogen-bond donors (Lipinski definition) is 0. The zero-order chi connectivity index (χ0) is 17.3. The third-order valence-corrected chi connectivity index (χ3v) is 3.70. The molecule has 1 aliphatic rings. The number of rotatable bonds is 9. The van der Waals surface area contributed by atoms with Crippen LogP contribution in [0.5, 0.6) is 0 Å². The summed E-state index contributed by atoms with van der Waals surface area (Å²) in [6.45, 7) is 5.98. The predicted octanol–water partition coefficient (Wildman–Crippen LogP) is 3.74. The highest BCUT2D eigenvalue weighted by Gasteiger charge is 2.39. The summed E-state index contributed by atoms with van der Waals surface area (Å²) in [6, 6.07) is 0. The van der Waals surface area contributed by atoms with Crippen LogP contribution in [0.2, 0.25) is 0 Å². The van der Waals surface area contributed by atoms with Gasteiger partial charge in [0.25, 0.3) is 0 Å². The number of nitrogens with zero attached hydrogens (tertiary/aromatic N) is 3. The van der Waals surface area contributed by atoms with Gasteiger partial charge >= 0.3 is 5.97 Å². The highest BCUT2D eigenvalue weighted by molar-refractivity contribution is 5.69. The lowest BCUT2D eigenvalue weighted by Crippen LogP contribution is -2.24. The second-order valence-electron chi connectivity index (χ2n) is 6.12. The molecule has 0 amide bonds. The van der Waals surface area contributed by atoms with Crippen molar-refractivity contribution < 1.29 is 19.0 Å². The molecule has 0 bridgehead atoms. The number of carbonyl (C=O) groups is 1. The largest absolute Gasteiger partial charge is 0.469 e. The highest BCUT2D eigenvalue weighted by atomic mass is 16.7. The Morgan fingerprint density at radius 1 is 1.48 bits per heavy atom. The van der Waals surface area contributed by atoms with Gasteiger partial charge in [0.15, 0.2) is 5.79 Å². The van der Waals surface area contributed by atoms with Crippen LogP contribution in [-0.2, 0) is 19.0 Å². The summed E-state index contributed by atoms with van der Waals surface area (Å²) < 4.78 is 16.3. The van der Waals surface area contributed by atoms with Crippen LogP contribution in [-0.4, -0.2) is 37.6 Å². The Labute approximate surface area is 137 Å². The van der Waals surface area contributed by atoms with Crippen molar-refractivity contribution >= 4 is 5.97 Å². The summed E-state index contributed by atoms with van der Waals surface area (Å²) in [5, 5.41) is 3.58. The molecule has 3 atom stereocenters. The van der Waals surface area contributed by atoms with Gasteiger partial charge < -0.3 is 14.2 Å². The predicted molar refractivity (Wildman–Crippen MR) is 86.6 cm³/mol. The second kappa shape index (κ2) is 9.55. The van der Waals surface area contributed by atoms with Crippen LogP contribution >= 0.6 is 0 Å². The first kappa shape index (κ1) is 19.5. The minimum absolute atomic E-state index is 0.106. The Balaban J connectivity index is 2.74. The van der Waals surface area contributed by atoms with Crippen molar-refractivity contribution in [2.75, 3.05) is 13.7 Å². The lowest BCUT2D eigenvalue weighted by molar-refractivity contribution is -0.142. The average Bonchev–Trinajstić information content (AvgIpc) is 2.81. The van der Waals surface area contributed by atoms with Crippen molar-refractivity contribution in [1.82, 2.24) is 0 Å². The van der Waals surface area contributed by atoms with E-state index in [1.54, 1.807) is 0 Å². The fourth-order valence-electron chi connectivity index (χ4n) is 2.58. The van der Waals surface area contributed by atoms with Crippen LogP contribution in [0.15, 0.2) is 17.3 Å². The quantitative estimate of drug-likeness (QED) is 0.212. The van der Waals surface area contributed by atoms with Crippen LogP contribution in [0.1, 0.15) is 46.5 Å². The number of methoxy groups -OCH3 is 1. The summed E-state index contributed by atoms with van der Waals surface area (Å²) in [6.07, 6.45) is 6.67. The minimum Gasteiger partial charge on any atom is -0.469 e. The fraction of sp³-hybridized carbons (Fsp3) is 0.812. The molecule has 0 N–H and O–H groups in total. The van der Waals surface area contributed by atoms with Gasteiger partial charge in [0, 0.05) is 4.91 Å². The van der Waals surface area contributed by atoms with E-state index in [9.17, 15) is 4.79 Å². The van der Waals surface area contributed by atoms with Crippen molar-refractivity contribution in [1.29, 1.82) is 0 Å². The van der Waals surface area contributed by atoms with E-state index in [2.05, 4.69) is 16.9 Å². The Hall–Kier alpha value is -1.56. The number of esters is 1. The van der Waals surface area contributed by atoms with Gasteiger partial charge in [-0.1, -0.05) is 37.0 Å². The molecule has 1 heterocycles. The number of hydrogen-bond acceptors (Lipinski definition) is 5. The van der Waals surface area contributed by atoms with Gasteiger partial charge in [-0.15, -0.1) is 0 Å². The van der Waals surface area contributed by atoms with E-state index in [-0.39, 0.29) is 30.6 Å². The van der Waals surface area contributed by atoms with Crippen LogP contribution < -0.4 is 0 Å². The molecule has 23 heavy (non-hydrogen) atoms. The van der Waals surface area contributed by atoms with Crippen LogP contribution in [0, 0.1) is 5.92 Å². The standard InChI is InChI=1S/C16H27N3O4/c1-5-6-7-12(10-15(20)21-4)8-9-13-14(11-18-19-17)23-16(2,3)22-13/h8-9,12-14H,5-7,10-11H2,1-4H3/t12-,13-,14?/m0/s1. The molecule has 0 spiro atoms. The van der Waals surface area contributed by atoms with Gasteiger partial charge in [0.2, 0.25) is 0 Å². The third kappa shape index (κ3) is 7.03. The smallest absolute Gasteiger partial charge is 0.306 e. The second-order valence-corrected chi connectivity index (χ2v) is 6.12. The van der Waals surface area contributed by atoms with E-state index in [4.69, 9.17) is 19.7 Å². The number of ether oxygens (including phenoxy) is 3. The molecule has 7 nitrogen and oxygen atoms in total. The Morgan fingerprint density at radius 2 is 2.22 bits per heavy atom. The summed E-state index contributed by atoms with van der Waals surface area (Å²) in [5.41, 5.74) is 8.48. The van der Waals surface area contributed by atoms with Crippen molar-refractivity contribution in [2.24, 2.45) is 11.0 Å². The summed E-state index contributed by atoms with van der Waals surface area (Å²) in [7, 11) is 1.40. The van der Waals surface area contributed by atoms with Gasteiger partial charge in [-0.3, -0.25) is 4.79 Å². The van der Waals surface area contributed by atoms with Gasteiger partial charge in [0.1, 0.15) is 6.10 Å². The van der Waals surface area contributed by atoms with Crippen LogP contribution in [0.4, 0.5) is 0 Å². The molecule has 1 aliphatic heterocycles. The van der Waals surface area contributed by atoms with Crippen molar-refractivity contribution in [3.8, 4) is 0 Å². The Morgan fingerprint density at radius 3 is 2.83 bits per heavy atom. The van der Waals surface area contributed by atoms with E-state index < -0.39 is 5.79 Å². The lowest BCUT2D eigenvalue weighted by Gasteiger charge is -2.16. The molecule has 1 saturated heterocycles. The first-order valence-electron chi connectivity index (χ1n) is 8.03. The third-order valence-electron chi connectivity index (χ3n) is 3.70. The van der Waals surface area contributed by atoms with E-state index in [1.807, 2.05) is 26.0 Å². The number of azide groups is 1. The first-order valence-corrected chi connectivity index (χ1v) is 8.03. The molecule has 130 valence electrons. The zero-order valence-corrected chi connectivity index (χ0v) is 14.4. The first-order chi connectivity index (χ1) is 10.9. The molecule has 0 aromatic heterocycles. The monoisotopic (exact) mass is 325 g/mol. The fourth-order valence-corrected chi connectivity index (χ4v) is 2.58. The topological polar surface area (TPSA) is 93.5 Å². The van der Waals surface area contributed by atoms with E-state index in [0.29, 0.717) is 6.42 Å². The molecule has 1 unspecified atom stereocenters. The molecular weight excluding hydrogens is 298 g/mol. The number of carbonyl (C=O) groups excluding carboxylic acids is 1. The van der Waals surface area contributed by atoms with Gasteiger partial charge in [-0.2, -0.15) is 0 Å². The summed E-state index contributed by atoms with van der Waals surface area (Å²) >= 11 is 0. The normalized spacial score (nSPS) is 24.3. The van der Waals surface area contributed by atoms with Gasteiger partial charge in [-0.05, 0) is 31.7 Å². The maximum atomic E-state index is 11.5. The van der Waals surface area contributed by atoms with Crippen LogP contribution in [0.25, 0.3) is 10.4 Å².